The topological polar surface area (TPSA) is 31.4 Å². The average molecular weight is 283 g/mol. The number of benzene rings is 1. The summed E-state index contributed by atoms with van der Waals surface area (Å²) < 4.78 is 13.1. The minimum absolute atomic E-state index is 0.695. The van der Waals surface area contributed by atoms with Gasteiger partial charge in [0.1, 0.15) is 5.75 Å². The molecule has 0 atom stereocenters. The molecule has 0 radical (unpaired) electrons. The minimum atomic E-state index is 0.695. The molecule has 1 aromatic heterocycles. The van der Waals surface area contributed by atoms with Gasteiger partial charge in [-0.2, -0.15) is 0 Å². The highest BCUT2D eigenvalue weighted by atomic mass is 32.2. The fourth-order valence-corrected chi connectivity index (χ4v) is 3.55. The van der Waals surface area contributed by atoms with Gasteiger partial charge in [0.25, 0.3) is 0 Å². The number of aromatic nitrogens is 1. The summed E-state index contributed by atoms with van der Waals surface area (Å²) in [5, 5.41) is 0. The van der Waals surface area contributed by atoms with Crippen LogP contribution >= 0.6 is 23.1 Å². The fraction of sp³-hybridized carbons (Fsp3) is 0.462. The molecule has 0 bridgehead atoms. The van der Waals surface area contributed by atoms with Gasteiger partial charge in [0.05, 0.1) is 23.4 Å². The van der Waals surface area contributed by atoms with Crippen molar-refractivity contribution < 1.29 is 9.47 Å². The largest absolute Gasteiger partial charge is 0.494 e. The van der Waals surface area contributed by atoms with Crippen LogP contribution in [-0.2, 0) is 4.74 Å². The minimum Gasteiger partial charge on any atom is -0.494 e. The van der Waals surface area contributed by atoms with Crippen LogP contribution in [-0.4, -0.2) is 30.6 Å². The van der Waals surface area contributed by atoms with Crippen molar-refractivity contribution in [2.45, 2.75) is 18.2 Å². The van der Waals surface area contributed by atoms with Gasteiger partial charge in [-0.3, -0.25) is 0 Å². The van der Waals surface area contributed by atoms with Crippen molar-refractivity contribution in [3.63, 3.8) is 0 Å². The third-order valence-electron chi connectivity index (χ3n) is 2.31. The van der Waals surface area contributed by atoms with E-state index in [4.69, 9.17) is 9.47 Å². The monoisotopic (exact) mass is 283 g/mol. The number of hydrogen-bond acceptors (Lipinski definition) is 5. The zero-order chi connectivity index (χ0) is 12.8. The fourth-order valence-electron chi connectivity index (χ4n) is 1.53. The van der Waals surface area contributed by atoms with E-state index in [-0.39, 0.29) is 0 Å². The highest BCUT2D eigenvalue weighted by Gasteiger charge is 2.05. The summed E-state index contributed by atoms with van der Waals surface area (Å²) in [7, 11) is 0. The Morgan fingerprint density at radius 3 is 2.94 bits per heavy atom. The first kappa shape index (κ1) is 13.6. The number of thioether (sulfide) groups is 1. The summed E-state index contributed by atoms with van der Waals surface area (Å²) in [6, 6.07) is 6.05. The molecule has 98 valence electrons. The van der Waals surface area contributed by atoms with Gasteiger partial charge in [0.15, 0.2) is 4.34 Å². The lowest BCUT2D eigenvalue weighted by atomic mass is 10.3. The molecule has 0 saturated carbocycles. The zero-order valence-electron chi connectivity index (χ0n) is 10.6. The first-order chi connectivity index (χ1) is 8.83. The second kappa shape index (κ2) is 6.97. The van der Waals surface area contributed by atoms with Crippen molar-refractivity contribution in [2.75, 3.05) is 25.6 Å². The molecular formula is C13H17NO2S2. The van der Waals surface area contributed by atoms with Gasteiger partial charge in [-0.25, -0.2) is 4.98 Å². The van der Waals surface area contributed by atoms with Crippen LogP contribution in [0.4, 0.5) is 0 Å². The first-order valence-electron chi connectivity index (χ1n) is 6.07. The normalized spacial score (nSPS) is 11.0. The van der Waals surface area contributed by atoms with Crippen LogP contribution in [0.15, 0.2) is 22.5 Å². The molecule has 0 spiro atoms. The van der Waals surface area contributed by atoms with Crippen molar-refractivity contribution in [3.05, 3.63) is 18.2 Å². The second-order valence-electron chi connectivity index (χ2n) is 3.59. The first-order valence-corrected chi connectivity index (χ1v) is 7.87. The summed E-state index contributed by atoms with van der Waals surface area (Å²) in [5.74, 6) is 1.87. The lowest BCUT2D eigenvalue weighted by Crippen LogP contribution is -1.95. The number of fused-ring (bicyclic) bond motifs is 1. The van der Waals surface area contributed by atoms with E-state index >= 15 is 0 Å². The third-order valence-corrected chi connectivity index (χ3v) is 4.43. The summed E-state index contributed by atoms with van der Waals surface area (Å²) in [6.45, 7) is 6.25. The van der Waals surface area contributed by atoms with Crippen molar-refractivity contribution >= 4 is 33.3 Å². The Labute approximate surface area is 116 Å². The molecule has 0 fully saturated rings. The molecule has 2 aromatic rings. The molecule has 0 N–H and O–H groups in total. The molecule has 0 unspecified atom stereocenters. The molecule has 0 aliphatic carbocycles. The summed E-state index contributed by atoms with van der Waals surface area (Å²) in [6.07, 6.45) is 0. The molecule has 2 rings (SSSR count). The van der Waals surface area contributed by atoms with Crippen LogP contribution in [0, 0.1) is 0 Å². The van der Waals surface area contributed by atoms with E-state index in [1.807, 2.05) is 26.0 Å². The van der Waals surface area contributed by atoms with Crippen LogP contribution in [0.5, 0.6) is 5.75 Å². The van der Waals surface area contributed by atoms with Gasteiger partial charge in [-0.15, -0.1) is 11.3 Å². The quantitative estimate of drug-likeness (QED) is 0.571. The van der Waals surface area contributed by atoms with Crippen LogP contribution in [0.25, 0.3) is 10.2 Å². The smallest absolute Gasteiger partial charge is 0.151 e. The van der Waals surface area contributed by atoms with E-state index in [1.54, 1.807) is 23.1 Å². The van der Waals surface area contributed by atoms with Gasteiger partial charge in [0.2, 0.25) is 0 Å². The van der Waals surface area contributed by atoms with Crippen LogP contribution < -0.4 is 4.74 Å². The van der Waals surface area contributed by atoms with Gasteiger partial charge >= 0.3 is 0 Å². The van der Waals surface area contributed by atoms with Crippen molar-refractivity contribution in [1.29, 1.82) is 0 Å². The van der Waals surface area contributed by atoms with E-state index in [1.165, 1.54) is 4.70 Å². The van der Waals surface area contributed by atoms with Crippen LogP contribution in [0.3, 0.4) is 0 Å². The molecule has 0 amide bonds. The lowest BCUT2D eigenvalue weighted by molar-refractivity contribution is 0.164. The maximum atomic E-state index is 5.49. The maximum Gasteiger partial charge on any atom is 0.151 e. The molecule has 1 heterocycles. The molecule has 0 saturated heterocycles. The number of nitrogens with zero attached hydrogens (tertiary/aromatic N) is 1. The van der Waals surface area contributed by atoms with E-state index in [9.17, 15) is 0 Å². The highest BCUT2D eigenvalue weighted by Crippen LogP contribution is 2.31. The van der Waals surface area contributed by atoms with E-state index in [0.29, 0.717) is 6.61 Å². The Bertz CT molecular complexity index is 499. The number of thiazole rings is 1. The van der Waals surface area contributed by atoms with Gasteiger partial charge in [-0.05, 0) is 32.0 Å². The Morgan fingerprint density at radius 1 is 1.28 bits per heavy atom. The highest BCUT2D eigenvalue weighted by molar-refractivity contribution is 8.01. The number of hydrogen-bond donors (Lipinski definition) is 0. The Hall–Kier alpha value is -0.780. The van der Waals surface area contributed by atoms with Crippen molar-refractivity contribution in [1.82, 2.24) is 4.98 Å². The Kier molecular flexibility index (Phi) is 5.28. The van der Waals surface area contributed by atoms with Gasteiger partial charge in [0, 0.05) is 12.4 Å². The third kappa shape index (κ3) is 3.60. The standard InChI is InChI=1S/C13H17NO2S2/c1-3-15-7-8-17-13-14-11-6-5-10(16-4-2)9-12(11)18-13/h5-6,9H,3-4,7-8H2,1-2H3. The summed E-state index contributed by atoms with van der Waals surface area (Å²) in [4.78, 5) is 4.58. The molecule has 0 aliphatic rings. The van der Waals surface area contributed by atoms with Crippen LogP contribution in [0.2, 0.25) is 0 Å². The molecule has 5 heteroatoms. The second-order valence-corrected chi connectivity index (χ2v) is 5.96. The van der Waals surface area contributed by atoms with E-state index in [2.05, 4.69) is 11.1 Å². The lowest BCUT2D eigenvalue weighted by Gasteiger charge is -2.00. The Balaban J connectivity index is 2.02. The average Bonchev–Trinajstić information content (AvgIpc) is 2.77. The number of ether oxygens (including phenoxy) is 2. The summed E-state index contributed by atoms with van der Waals surface area (Å²) >= 11 is 3.46. The predicted octanol–water partition coefficient (Wildman–Crippen LogP) is 3.82. The molecule has 18 heavy (non-hydrogen) atoms. The zero-order valence-corrected chi connectivity index (χ0v) is 12.3. The molecule has 3 nitrogen and oxygen atoms in total. The summed E-state index contributed by atoms with van der Waals surface area (Å²) in [5.41, 5.74) is 1.04. The Morgan fingerprint density at radius 2 is 2.17 bits per heavy atom. The molecular weight excluding hydrogens is 266 g/mol. The van der Waals surface area contributed by atoms with E-state index in [0.717, 1.165) is 34.6 Å². The SMILES string of the molecule is CCOCCSc1nc2ccc(OCC)cc2s1. The van der Waals surface area contributed by atoms with Gasteiger partial charge in [-0.1, -0.05) is 11.8 Å². The number of rotatable bonds is 7. The predicted molar refractivity (Wildman–Crippen MR) is 78.0 cm³/mol. The maximum absolute atomic E-state index is 5.49. The van der Waals surface area contributed by atoms with Gasteiger partial charge < -0.3 is 9.47 Å². The van der Waals surface area contributed by atoms with Crippen LogP contribution in [0.1, 0.15) is 13.8 Å². The molecule has 1 aromatic carbocycles. The molecule has 0 aliphatic heterocycles. The van der Waals surface area contributed by atoms with Crippen molar-refractivity contribution in [2.24, 2.45) is 0 Å². The van der Waals surface area contributed by atoms with E-state index < -0.39 is 0 Å². The van der Waals surface area contributed by atoms with Crippen molar-refractivity contribution in [3.8, 4) is 5.75 Å².